The molecule has 0 unspecified atom stereocenters. The van der Waals surface area contributed by atoms with Gasteiger partial charge < -0.3 is 19.3 Å². The second-order valence-electron chi connectivity index (χ2n) is 5.47. The van der Waals surface area contributed by atoms with Crippen molar-refractivity contribution < 1.29 is 19.3 Å². The van der Waals surface area contributed by atoms with Gasteiger partial charge in [-0.15, -0.1) is 0 Å². The average Bonchev–Trinajstić information content (AvgIpc) is 3.22. The molecule has 1 rings (SSSR count). The lowest BCUT2D eigenvalue weighted by Crippen LogP contribution is -2.28. The largest absolute Gasteiger partial charge is 0.390 e. The van der Waals surface area contributed by atoms with Gasteiger partial charge in [0.15, 0.2) is 6.29 Å². The van der Waals surface area contributed by atoms with Crippen molar-refractivity contribution >= 4 is 0 Å². The molecule has 0 aliphatic carbocycles. The fourth-order valence-electron chi connectivity index (χ4n) is 2.53. The molecular weight excluding hydrogens is 256 g/mol. The van der Waals surface area contributed by atoms with Gasteiger partial charge >= 0.3 is 0 Å². The molecule has 0 aromatic heterocycles. The van der Waals surface area contributed by atoms with Gasteiger partial charge in [-0.1, -0.05) is 45.4 Å². The first-order valence-electron chi connectivity index (χ1n) is 8.31. The molecule has 0 amide bonds. The Labute approximate surface area is 123 Å². The highest BCUT2D eigenvalue weighted by atomic mass is 16.7. The average molecular weight is 288 g/mol. The van der Waals surface area contributed by atoms with Crippen LogP contribution in [0.4, 0.5) is 0 Å². The lowest BCUT2D eigenvalue weighted by molar-refractivity contribution is -0.147. The molecule has 1 saturated heterocycles. The third kappa shape index (κ3) is 6.53. The molecule has 20 heavy (non-hydrogen) atoms. The van der Waals surface area contributed by atoms with Crippen molar-refractivity contribution in [3.05, 3.63) is 0 Å². The third-order valence-corrected chi connectivity index (χ3v) is 3.72. The van der Waals surface area contributed by atoms with Crippen LogP contribution in [0.25, 0.3) is 0 Å². The predicted octanol–water partition coefficient (Wildman–Crippen LogP) is 3.26. The standard InChI is InChI=1S/C16H32O4/c1-4-7-8-9-10-11-12-13(17)14-15(20-14)16(18-5-2)19-6-3/h13-17H,4-12H2,1-3H3/t13-,14-,15-/m1/s1. The maximum atomic E-state index is 10.1. The van der Waals surface area contributed by atoms with Gasteiger partial charge in [0.2, 0.25) is 0 Å². The highest BCUT2D eigenvalue weighted by Gasteiger charge is 2.50. The molecule has 120 valence electrons. The molecule has 3 atom stereocenters. The van der Waals surface area contributed by atoms with E-state index < -0.39 is 0 Å². The normalized spacial score (nSPS) is 23.2. The van der Waals surface area contributed by atoms with Crippen LogP contribution in [0.5, 0.6) is 0 Å². The topological polar surface area (TPSA) is 51.2 Å². The van der Waals surface area contributed by atoms with Crippen molar-refractivity contribution in [1.29, 1.82) is 0 Å². The van der Waals surface area contributed by atoms with E-state index in [0.717, 1.165) is 12.8 Å². The Morgan fingerprint density at radius 1 is 0.900 bits per heavy atom. The second kappa shape index (κ2) is 10.6. The van der Waals surface area contributed by atoms with E-state index in [2.05, 4.69) is 6.92 Å². The summed E-state index contributed by atoms with van der Waals surface area (Å²) in [6.07, 6.45) is 7.37. The molecule has 1 N–H and O–H groups in total. The van der Waals surface area contributed by atoms with Gasteiger partial charge in [-0.05, 0) is 20.3 Å². The van der Waals surface area contributed by atoms with Crippen molar-refractivity contribution in [3.8, 4) is 0 Å². The summed E-state index contributed by atoms with van der Waals surface area (Å²) in [4.78, 5) is 0. The number of hydrogen-bond donors (Lipinski definition) is 1. The van der Waals surface area contributed by atoms with Crippen LogP contribution in [0.15, 0.2) is 0 Å². The summed E-state index contributed by atoms with van der Waals surface area (Å²) >= 11 is 0. The first-order valence-corrected chi connectivity index (χ1v) is 8.31. The van der Waals surface area contributed by atoms with E-state index in [-0.39, 0.29) is 24.6 Å². The Balaban J connectivity index is 2.11. The molecule has 1 aliphatic heterocycles. The molecule has 0 radical (unpaired) electrons. The first kappa shape index (κ1) is 17.9. The van der Waals surface area contributed by atoms with E-state index >= 15 is 0 Å². The van der Waals surface area contributed by atoms with Crippen molar-refractivity contribution in [2.24, 2.45) is 0 Å². The second-order valence-corrected chi connectivity index (χ2v) is 5.47. The Bertz CT molecular complexity index is 229. The van der Waals surface area contributed by atoms with Crippen molar-refractivity contribution in [2.45, 2.75) is 90.3 Å². The van der Waals surface area contributed by atoms with Gasteiger partial charge in [0.05, 0.1) is 6.10 Å². The van der Waals surface area contributed by atoms with Gasteiger partial charge in [0, 0.05) is 13.2 Å². The zero-order valence-electron chi connectivity index (χ0n) is 13.3. The quantitative estimate of drug-likeness (QED) is 0.321. The molecule has 0 bridgehead atoms. The number of unbranched alkanes of at least 4 members (excludes halogenated alkanes) is 5. The van der Waals surface area contributed by atoms with Crippen LogP contribution >= 0.6 is 0 Å². The summed E-state index contributed by atoms with van der Waals surface area (Å²) in [5.41, 5.74) is 0. The number of hydrogen-bond acceptors (Lipinski definition) is 4. The van der Waals surface area contributed by atoms with Gasteiger partial charge in [-0.25, -0.2) is 0 Å². The molecule has 1 aliphatic rings. The fraction of sp³-hybridized carbons (Fsp3) is 1.00. The van der Waals surface area contributed by atoms with Crippen molar-refractivity contribution in [2.75, 3.05) is 13.2 Å². The highest BCUT2D eigenvalue weighted by molar-refractivity contribution is 4.93. The van der Waals surface area contributed by atoms with E-state index in [4.69, 9.17) is 14.2 Å². The molecule has 4 heteroatoms. The Morgan fingerprint density at radius 2 is 1.50 bits per heavy atom. The highest BCUT2D eigenvalue weighted by Crippen LogP contribution is 2.32. The van der Waals surface area contributed by atoms with Gasteiger partial charge in [-0.3, -0.25) is 0 Å². The Hall–Kier alpha value is -0.160. The van der Waals surface area contributed by atoms with Crippen LogP contribution in [-0.4, -0.2) is 42.9 Å². The van der Waals surface area contributed by atoms with E-state index in [1.165, 1.54) is 32.1 Å². The summed E-state index contributed by atoms with van der Waals surface area (Å²) in [5, 5.41) is 10.1. The smallest absolute Gasteiger partial charge is 0.186 e. The SMILES string of the molecule is CCCCCCCC[C@@H](O)[C@H]1O[C@H]1C(OCC)OCC. The van der Waals surface area contributed by atoms with E-state index in [9.17, 15) is 5.11 Å². The molecule has 4 nitrogen and oxygen atoms in total. The maximum absolute atomic E-state index is 10.1. The van der Waals surface area contributed by atoms with Crippen LogP contribution in [0.1, 0.15) is 65.7 Å². The van der Waals surface area contributed by atoms with E-state index in [1.807, 2.05) is 13.8 Å². The summed E-state index contributed by atoms with van der Waals surface area (Å²) < 4.78 is 16.5. The summed E-state index contributed by atoms with van der Waals surface area (Å²) in [5.74, 6) is 0. The van der Waals surface area contributed by atoms with Gasteiger partial charge in [0.1, 0.15) is 12.2 Å². The minimum atomic E-state index is -0.380. The van der Waals surface area contributed by atoms with Crippen LogP contribution < -0.4 is 0 Å². The molecule has 0 aromatic rings. The summed E-state index contributed by atoms with van der Waals surface area (Å²) in [6, 6.07) is 0. The molecule has 1 heterocycles. The van der Waals surface area contributed by atoms with Gasteiger partial charge in [0.25, 0.3) is 0 Å². The lowest BCUT2D eigenvalue weighted by atomic mass is 10.0. The molecule has 1 fully saturated rings. The molecular formula is C16H32O4. The maximum Gasteiger partial charge on any atom is 0.186 e. The molecule has 0 aromatic carbocycles. The Morgan fingerprint density at radius 3 is 2.10 bits per heavy atom. The van der Waals surface area contributed by atoms with E-state index in [0.29, 0.717) is 13.2 Å². The summed E-state index contributed by atoms with van der Waals surface area (Å²) in [7, 11) is 0. The fourth-order valence-corrected chi connectivity index (χ4v) is 2.53. The zero-order chi connectivity index (χ0) is 14.8. The van der Waals surface area contributed by atoms with Crippen LogP contribution in [0, 0.1) is 0 Å². The predicted molar refractivity (Wildman–Crippen MR) is 79.7 cm³/mol. The van der Waals surface area contributed by atoms with Crippen molar-refractivity contribution in [1.82, 2.24) is 0 Å². The third-order valence-electron chi connectivity index (χ3n) is 3.72. The van der Waals surface area contributed by atoms with Crippen molar-refractivity contribution in [3.63, 3.8) is 0 Å². The number of aliphatic hydroxyl groups is 1. The van der Waals surface area contributed by atoms with Crippen LogP contribution in [-0.2, 0) is 14.2 Å². The molecule has 0 spiro atoms. The number of ether oxygens (including phenoxy) is 3. The lowest BCUT2D eigenvalue weighted by Gasteiger charge is -2.15. The zero-order valence-corrected chi connectivity index (χ0v) is 13.3. The Kier molecular flexibility index (Phi) is 9.44. The van der Waals surface area contributed by atoms with Crippen LogP contribution in [0.2, 0.25) is 0 Å². The number of epoxide rings is 1. The minimum Gasteiger partial charge on any atom is -0.390 e. The summed E-state index contributed by atoms with van der Waals surface area (Å²) in [6.45, 7) is 7.31. The monoisotopic (exact) mass is 288 g/mol. The van der Waals surface area contributed by atoms with Gasteiger partial charge in [-0.2, -0.15) is 0 Å². The number of rotatable bonds is 13. The first-order chi connectivity index (χ1) is 9.74. The number of aliphatic hydroxyl groups excluding tert-OH is 1. The van der Waals surface area contributed by atoms with Crippen LogP contribution in [0.3, 0.4) is 0 Å². The minimum absolute atomic E-state index is 0.0926. The molecule has 0 saturated carbocycles. The van der Waals surface area contributed by atoms with E-state index in [1.54, 1.807) is 0 Å².